The van der Waals surface area contributed by atoms with Crippen molar-refractivity contribution in [2.45, 2.75) is 38.3 Å². The molecule has 1 saturated heterocycles. The molecule has 3 unspecified atom stereocenters. The van der Waals surface area contributed by atoms with E-state index in [9.17, 15) is 9.90 Å². The lowest BCUT2D eigenvalue weighted by molar-refractivity contribution is -0.135. The fourth-order valence-corrected chi connectivity index (χ4v) is 2.81. The summed E-state index contributed by atoms with van der Waals surface area (Å²) in [5, 5.41) is 18.5. The second kappa shape index (κ2) is 4.19. The molecule has 2 fully saturated rings. The molecule has 0 aromatic heterocycles. The average molecular weight is 208 g/mol. The summed E-state index contributed by atoms with van der Waals surface area (Å²) in [7, 11) is 0. The highest BCUT2D eigenvalue weighted by Gasteiger charge is 2.47. The van der Waals surface area contributed by atoms with Crippen molar-refractivity contribution in [3.05, 3.63) is 0 Å². The van der Waals surface area contributed by atoms with Gasteiger partial charge in [-0.3, -0.25) is 4.79 Å². The van der Waals surface area contributed by atoms with E-state index in [1.54, 1.807) is 0 Å². The van der Waals surface area contributed by atoms with Gasteiger partial charge in [0, 0.05) is 18.4 Å². The Morgan fingerprint density at radius 2 is 2.20 bits per heavy atom. The molecule has 4 nitrogen and oxygen atoms in total. The van der Waals surface area contributed by atoms with Crippen molar-refractivity contribution >= 4 is 5.91 Å². The van der Waals surface area contributed by atoms with Crippen LogP contribution in [0.3, 0.4) is 0 Å². The van der Waals surface area contributed by atoms with E-state index in [4.69, 9.17) is 5.26 Å². The minimum atomic E-state index is -0.642. The van der Waals surface area contributed by atoms with Crippen molar-refractivity contribution in [3.63, 3.8) is 0 Å². The van der Waals surface area contributed by atoms with Crippen LogP contribution in [0.25, 0.3) is 0 Å². The molecule has 4 heteroatoms. The molecule has 1 amide bonds. The van der Waals surface area contributed by atoms with Crippen LogP contribution < -0.4 is 0 Å². The number of nitrogens with zero attached hydrogens (tertiary/aromatic N) is 2. The first-order chi connectivity index (χ1) is 7.25. The Labute approximate surface area is 89.5 Å². The normalized spacial score (nSPS) is 35.1. The maximum absolute atomic E-state index is 11.9. The summed E-state index contributed by atoms with van der Waals surface area (Å²) in [5.74, 6) is 0.194. The van der Waals surface area contributed by atoms with Crippen LogP contribution in [0, 0.1) is 23.2 Å². The topological polar surface area (TPSA) is 64.3 Å². The van der Waals surface area contributed by atoms with E-state index in [1.165, 1.54) is 4.90 Å². The van der Waals surface area contributed by atoms with Gasteiger partial charge in [0.05, 0.1) is 12.5 Å². The lowest BCUT2D eigenvalue weighted by atomic mass is 9.81. The van der Waals surface area contributed by atoms with Gasteiger partial charge in [0.1, 0.15) is 6.23 Å². The third-order valence-electron chi connectivity index (χ3n) is 3.59. The Balaban J connectivity index is 2.07. The second-order valence-electron chi connectivity index (χ2n) is 4.41. The van der Waals surface area contributed by atoms with Crippen molar-refractivity contribution in [1.29, 1.82) is 5.26 Å². The molecule has 0 radical (unpaired) electrons. The van der Waals surface area contributed by atoms with Crippen LogP contribution in [0.5, 0.6) is 0 Å². The van der Waals surface area contributed by atoms with Gasteiger partial charge >= 0.3 is 0 Å². The Morgan fingerprint density at radius 3 is 2.87 bits per heavy atom. The SMILES string of the molecule is N#CCCN1C(=O)C2CCCCC2C1O. The lowest BCUT2D eigenvalue weighted by Gasteiger charge is -2.25. The van der Waals surface area contributed by atoms with Crippen molar-refractivity contribution in [2.75, 3.05) is 6.54 Å². The molecule has 1 heterocycles. The molecule has 82 valence electrons. The van der Waals surface area contributed by atoms with E-state index in [-0.39, 0.29) is 17.7 Å². The molecule has 1 aliphatic heterocycles. The predicted molar refractivity (Wildman–Crippen MR) is 53.4 cm³/mol. The molecular formula is C11H16N2O2. The van der Waals surface area contributed by atoms with Crippen molar-refractivity contribution in [1.82, 2.24) is 4.90 Å². The first-order valence-electron chi connectivity index (χ1n) is 5.61. The largest absolute Gasteiger partial charge is 0.373 e. The lowest BCUT2D eigenvalue weighted by Crippen LogP contribution is -2.35. The van der Waals surface area contributed by atoms with Crippen molar-refractivity contribution in [2.24, 2.45) is 11.8 Å². The van der Waals surface area contributed by atoms with Crippen LogP contribution in [-0.4, -0.2) is 28.7 Å². The van der Waals surface area contributed by atoms with E-state index in [2.05, 4.69) is 0 Å². The number of hydrogen-bond acceptors (Lipinski definition) is 3. The number of likely N-dealkylation sites (tertiary alicyclic amines) is 1. The summed E-state index contributed by atoms with van der Waals surface area (Å²) < 4.78 is 0. The molecule has 0 aromatic carbocycles. The fraction of sp³-hybridized carbons (Fsp3) is 0.818. The maximum atomic E-state index is 11.9. The summed E-state index contributed by atoms with van der Waals surface area (Å²) in [6.45, 7) is 0.378. The summed E-state index contributed by atoms with van der Waals surface area (Å²) in [4.78, 5) is 13.4. The average Bonchev–Trinajstić information content (AvgIpc) is 2.51. The van der Waals surface area contributed by atoms with Gasteiger partial charge in [-0.15, -0.1) is 0 Å². The van der Waals surface area contributed by atoms with Gasteiger partial charge in [0.2, 0.25) is 5.91 Å². The van der Waals surface area contributed by atoms with Gasteiger partial charge in [0.15, 0.2) is 0 Å². The number of rotatable bonds is 2. The smallest absolute Gasteiger partial charge is 0.228 e. The Hall–Kier alpha value is -1.08. The highest BCUT2D eigenvalue weighted by Crippen LogP contribution is 2.40. The number of carbonyl (C=O) groups is 1. The van der Waals surface area contributed by atoms with Gasteiger partial charge in [-0.2, -0.15) is 5.26 Å². The summed E-state index contributed by atoms with van der Waals surface area (Å²) in [6, 6.07) is 2.01. The Kier molecular flexibility index (Phi) is 2.92. The van der Waals surface area contributed by atoms with E-state index in [0.717, 1.165) is 25.7 Å². The summed E-state index contributed by atoms with van der Waals surface area (Å²) in [5.41, 5.74) is 0. The van der Waals surface area contributed by atoms with E-state index in [1.807, 2.05) is 6.07 Å². The number of carbonyl (C=O) groups excluding carboxylic acids is 1. The Morgan fingerprint density at radius 1 is 1.47 bits per heavy atom. The number of nitriles is 1. The summed E-state index contributed by atoms with van der Waals surface area (Å²) >= 11 is 0. The number of fused-ring (bicyclic) bond motifs is 1. The molecule has 2 rings (SSSR count). The third kappa shape index (κ3) is 1.72. The molecule has 1 aliphatic carbocycles. The van der Waals surface area contributed by atoms with Crippen LogP contribution in [0.15, 0.2) is 0 Å². The van der Waals surface area contributed by atoms with Gasteiger partial charge < -0.3 is 10.0 Å². The van der Waals surface area contributed by atoms with Gasteiger partial charge in [-0.05, 0) is 12.8 Å². The number of aliphatic hydroxyl groups excluding tert-OH is 1. The van der Waals surface area contributed by atoms with Crippen LogP contribution in [0.4, 0.5) is 0 Å². The molecule has 0 bridgehead atoms. The number of aliphatic hydroxyl groups is 1. The molecule has 1 saturated carbocycles. The van der Waals surface area contributed by atoms with E-state index < -0.39 is 6.23 Å². The highest BCUT2D eigenvalue weighted by molar-refractivity contribution is 5.81. The Bertz CT molecular complexity index is 297. The third-order valence-corrected chi connectivity index (χ3v) is 3.59. The zero-order valence-corrected chi connectivity index (χ0v) is 8.72. The maximum Gasteiger partial charge on any atom is 0.228 e. The molecular weight excluding hydrogens is 192 g/mol. The van der Waals surface area contributed by atoms with E-state index >= 15 is 0 Å². The van der Waals surface area contributed by atoms with Crippen LogP contribution in [-0.2, 0) is 4.79 Å². The standard InChI is InChI=1S/C11H16N2O2/c12-6-3-7-13-10(14)8-4-1-2-5-9(8)11(13)15/h8-10,14H,1-5,7H2. The predicted octanol–water partition coefficient (Wildman–Crippen LogP) is 0.867. The van der Waals surface area contributed by atoms with Crippen LogP contribution in [0.2, 0.25) is 0 Å². The first kappa shape index (κ1) is 10.4. The zero-order valence-electron chi connectivity index (χ0n) is 8.72. The van der Waals surface area contributed by atoms with Crippen molar-refractivity contribution in [3.8, 4) is 6.07 Å². The minimum absolute atomic E-state index is 0.0208. The fourth-order valence-electron chi connectivity index (χ4n) is 2.81. The van der Waals surface area contributed by atoms with Crippen LogP contribution >= 0.6 is 0 Å². The van der Waals surface area contributed by atoms with Gasteiger partial charge in [-0.25, -0.2) is 0 Å². The molecule has 2 aliphatic rings. The van der Waals surface area contributed by atoms with Gasteiger partial charge in [-0.1, -0.05) is 12.8 Å². The van der Waals surface area contributed by atoms with Gasteiger partial charge in [0.25, 0.3) is 0 Å². The molecule has 15 heavy (non-hydrogen) atoms. The zero-order chi connectivity index (χ0) is 10.8. The molecule has 1 N–H and O–H groups in total. The molecule has 3 atom stereocenters. The first-order valence-corrected chi connectivity index (χ1v) is 5.61. The second-order valence-corrected chi connectivity index (χ2v) is 4.41. The monoisotopic (exact) mass is 208 g/mol. The molecule has 0 aromatic rings. The highest BCUT2D eigenvalue weighted by atomic mass is 16.3. The number of amides is 1. The van der Waals surface area contributed by atoms with Crippen LogP contribution in [0.1, 0.15) is 32.1 Å². The van der Waals surface area contributed by atoms with Crippen molar-refractivity contribution < 1.29 is 9.90 Å². The quantitative estimate of drug-likeness (QED) is 0.732. The summed E-state index contributed by atoms with van der Waals surface area (Å²) in [6.07, 6.45) is 3.71. The molecule has 0 spiro atoms. The minimum Gasteiger partial charge on any atom is -0.373 e. The van der Waals surface area contributed by atoms with E-state index in [0.29, 0.717) is 13.0 Å². The number of hydrogen-bond donors (Lipinski definition) is 1.